The molecule has 2 aromatic rings. The highest BCUT2D eigenvalue weighted by molar-refractivity contribution is 5.92. The van der Waals surface area contributed by atoms with E-state index in [4.69, 9.17) is 5.11 Å². The van der Waals surface area contributed by atoms with Crippen molar-refractivity contribution < 1.29 is 14.7 Å². The summed E-state index contributed by atoms with van der Waals surface area (Å²) in [5.41, 5.74) is 2.71. The zero-order valence-corrected chi connectivity index (χ0v) is 13.1. The first-order chi connectivity index (χ1) is 10.6. The Morgan fingerprint density at radius 1 is 1.09 bits per heavy atom. The van der Waals surface area contributed by atoms with Crippen LogP contribution in [0.2, 0.25) is 0 Å². The lowest BCUT2D eigenvalue weighted by Gasteiger charge is -2.19. The summed E-state index contributed by atoms with van der Waals surface area (Å²) in [6.07, 6.45) is 5.84. The van der Waals surface area contributed by atoms with Crippen molar-refractivity contribution in [2.24, 2.45) is 0 Å². The fourth-order valence-electron chi connectivity index (χ4n) is 2.63. The van der Waals surface area contributed by atoms with E-state index in [-0.39, 0.29) is 23.9 Å². The molecule has 1 aromatic heterocycles. The fraction of sp³-hybridized carbons (Fsp3) is 0.250. The Bertz CT molecular complexity index is 722. The van der Waals surface area contributed by atoms with E-state index >= 15 is 0 Å². The molecule has 3 rings (SSSR count). The van der Waals surface area contributed by atoms with E-state index in [1.165, 1.54) is 18.6 Å². The molecular formula is C16H16ClN3O3. The molecule has 0 atom stereocenters. The number of aromatic nitrogens is 2. The summed E-state index contributed by atoms with van der Waals surface area (Å²) in [6, 6.07) is 5.16. The summed E-state index contributed by atoms with van der Waals surface area (Å²) in [5, 5.41) is 9.07. The van der Waals surface area contributed by atoms with Crippen LogP contribution < -0.4 is 0 Å². The molecule has 0 radical (unpaired) electrons. The molecule has 1 aromatic carbocycles. The Morgan fingerprint density at radius 3 is 2.48 bits per heavy atom. The van der Waals surface area contributed by atoms with Crippen LogP contribution in [0.5, 0.6) is 0 Å². The van der Waals surface area contributed by atoms with Crippen LogP contribution in [-0.2, 0) is 12.8 Å². The van der Waals surface area contributed by atoms with Crippen LogP contribution in [0.3, 0.4) is 0 Å². The third-order valence-corrected chi connectivity index (χ3v) is 3.82. The Labute approximate surface area is 139 Å². The van der Waals surface area contributed by atoms with Gasteiger partial charge in [0.25, 0.3) is 5.91 Å². The summed E-state index contributed by atoms with van der Waals surface area (Å²) in [6.45, 7) is 1.14. The van der Waals surface area contributed by atoms with E-state index in [2.05, 4.69) is 9.97 Å². The number of carboxylic acid groups (broad SMARTS) is 1. The second-order valence-corrected chi connectivity index (χ2v) is 5.17. The number of amides is 1. The number of hydrogen-bond donors (Lipinski definition) is 1. The van der Waals surface area contributed by atoms with Gasteiger partial charge in [-0.1, -0.05) is 6.07 Å². The maximum absolute atomic E-state index is 12.4. The Balaban J connectivity index is 0.00000192. The van der Waals surface area contributed by atoms with Crippen LogP contribution in [0.4, 0.5) is 0 Å². The van der Waals surface area contributed by atoms with Crippen molar-refractivity contribution >= 4 is 24.3 Å². The molecule has 6 nitrogen and oxygen atoms in total. The van der Waals surface area contributed by atoms with Gasteiger partial charge >= 0.3 is 5.97 Å². The van der Waals surface area contributed by atoms with E-state index in [1.807, 2.05) is 6.07 Å². The van der Waals surface area contributed by atoms with Crippen molar-refractivity contribution in [3.63, 3.8) is 0 Å². The van der Waals surface area contributed by atoms with Crippen LogP contribution >= 0.6 is 12.4 Å². The number of fused-ring (bicyclic) bond motifs is 1. The molecule has 0 aliphatic carbocycles. The van der Waals surface area contributed by atoms with E-state index in [0.29, 0.717) is 31.6 Å². The van der Waals surface area contributed by atoms with Gasteiger partial charge in [-0.25, -0.2) is 9.78 Å². The third-order valence-electron chi connectivity index (χ3n) is 3.82. The molecule has 1 N–H and O–H groups in total. The largest absolute Gasteiger partial charge is 0.478 e. The van der Waals surface area contributed by atoms with Gasteiger partial charge in [0.2, 0.25) is 0 Å². The minimum Gasteiger partial charge on any atom is -0.478 e. The van der Waals surface area contributed by atoms with Crippen molar-refractivity contribution in [3.8, 4) is 0 Å². The average Bonchev–Trinajstić information content (AvgIpc) is 2.77. The molecule has 120 valence electrons. The van der Waals surface area contributed by atoms with Crippen LogP contribution in [-0.4, -0.2) is 44.9 Å². The van der Waals surface area contributed by atoms with E-state index in [1.54, 1.807) is 17.0 Å². The monoisotopic (exact) mass is 333 g/mol. The molecule has 0 unspecified atom stereocenters. The summed E-state index contributed by atoms with van der Waals surface area (Å²) in [4.78, 5) is 33.2. The highest BCUT2D eigenvalue weighted by Crippen LogP contribution is 2.19. The smallest absolute Gasteiger partial charge is 0.335 e. The summed E-state index contributed by atoms with van der Waals surface area (Å²) in [5.74, 6) is -1.07. The second-order valence-electron chi connectivity index (χ2n) is 5.17. The average molecular weight is 334 g/mol. The number of halogens is 1. The van der Waals surface area contributed by atoms with Gasteiger partial charge in [-0.2, -0.15) is 0 Å². The number of aromatic carboxylic acids is 1. The molecule has 2 heterocycles. The molecule has 1 aliphatic heterocycles. The molecule has 1 aliphatic rings. The first kappa shape index (κ1) is 16.9. The number of benzene rings is 1. The lowest BCUT2D eigenvalue weighted by molar-refractivity contribution is 0.0695. The summed E-state index contributed by atoms with van der Waals surface area (Å²) >= 11 is 0. The van der Waals surface area contributed by atoms with Gasteiger partial charge in [0.1, 0.15) is 5.69 Å². The van der Waals surface area contributed by atoms with E-state index < -0.39 is 5.97 Å². The standard InChI is InChI=1S/C16H15N3O3.ClH/c20-15(14-10-17-5-6-18-14)19-7-3-11-1-2-13(16(21)22)9-12(11)4-8-19;/h1-2,5-6,9-10H,3-4,7-8H2,(H,21,22);1H. The number of nitrogens with zero attached hydrogens (tertiary/aromatic N) is 3. The van der Waals surface area contributed by atoms with Crippen molar-refractivity contribution in [2.75, 3.05) is 13.1 Å². The highest BCUT2D eigenvalue weighted by Gasteiger charge is 2.21. The topological polar surface area (TPSA) is 83.4 Å². The SMILES string of the molecule is Cl.O=C(O)c1ccc2c(c1)CCN(C(=O)c1cnccn1)CC2. The number of carboxylic acids is 1. The molecular weight excluding hydrogens is 318 g/mol. The van der Waals surface area contributed by atoms with Crippen LogP contribution in [0.1, 0.15) is 32.0 Å². The first-order valence-electron chi connectivity index (χ1n) is 7.05. The quantitative estimate of drug-likeness (QED) is 0.906. The highest BCUT2D eigenvalue weighted by atomic mass is 35.5. The van der Waals surface area contributed by atoms with Gasteiger partial charge in [0.15, 0.2) is 0 Å². The number of rotatable bonds is 2. The number of carbonyl (C=O) groups excluding carboxylic acids is 1. The zero-order chi connectivity index (χ0) is 15.5. The minimum atomic E-state index is -0.931. The minimum absolute atomic E-state index is 0. The van der Waals surface area contributed by atoms with Gasteiger partial charge in [0, 0.05) is 25.5 Å². The third kappa shape index (κ3) is 3.65. The fourth-order valence-corrected chi connectivity index (χ4v) is 2.63. The Hall–Kier alpha value is -2.47. The molecule has 0 spiro atoms. The molecule has 7 heteroatoms. The number of hydrogen-bond acceptors (Lipinski definition) is 4. The van der Waals surface area contributed by atoms with Crippen LogP contribution in [0.25, 0.3) is 0 Å². The van der Waals surface area contributed by atoms with Crippen molar-refractivity contribution in [1.82, 2.24) is 14.9 Å². The van der Waals surface area contributed by atoms with Crippen molar-refractivity contribution in [3.05, 3.63) is 59.2 Å². The maximum atomic E-state index is 12.4. The van der Waals surface area contributed by atoms with Gasteiger partial charge in [-0.15, -0.1) is 12.4 Å². The predicted molar refractivity (Wildman–Crippen MR) is 86.0 cm³/mol. The molecule has 0 fully saturated rings. The Morgan fingerprint density at radius 2 is 1.83 bits per heavy atom. The Kier molecular flexibility index (Phi) is 5.28. The van der Waals surface area contributed by atoms with Gasteiger partial charge in [0.05, 0.1) is 11.8 Å². The number of carbonyl (C=O) groups is 2. The van der Waals surface area contributed by atoms with Crippen molar-refractivity contribution in [1.29, 1.82) is 0 Å². The molecule has 1 amide bonds. The predicted octanol–water partition coefficient (Wildman–Crippen LogP) is 1.84. The summed E-state index contributed by atoms with van der Waals surface area (Å²) in [7, 11) is 0. The van der Waals surface area contributed by atoms with Gasteiger partial charge < -0.3 is 10.0 Å². The van der Waals surface area contributed by atoms with Crippen LogP contribution in [0, 0.1) is 0 Å². The van der Waals surface area contributed by atoms with E-state index in [9.17, 15) is 9.59 Å². The van der Waals surface area contributed by atoms with Gasteiger partial charge in [-0.05, 0) is 36.1 Å². The lowest BCUT2D eigenvalue weighted by Crippen LogP contribution is -2.33. The van der Waals surface area contributed by atoms with E-state index in [0.717, 1.165) is 11.1 Å². The van der Waals surface area contributed by atoms with Gasteiger partial charge in [-0.3, -0.25) is 9.78 Å². The molecule has 23 heavy (non-hydrogen) atoms. The summed E-state index contributed by atoms with van der Waals surface area (Å²) < 4.78 is 0. The maximum Gasteiger partial charge on any atom is 0.335 e. The molecule has 0 saturated carbocycles. The first-order valence-corrected chi connectivity index (χ1v) is 7.05. The van der Waals surface area contributed by atoms with Crippen molar-refractivity contribution in [2.45, 2.75) is 12.8 Å². The zero-order valence-electron chi connectivity index (χ0n) is 12.3. The lowest BCUT2D eigenvalue weighted by atomic mass is 10.0. The molecule has 0 bridgehead atoms. The molecule has 0 saturated heterocycles. The van der Waals surface area contributed by atoms with Crippen LogP contribution in [0.15, 0.2) is 36.8 Å². The second kappa shape index (κ2) is 7.19. The normalized spacial score (nSPS) is 13.5.